The number of carbonyl (C=O) groups is 3. The Morgan fingerprint density at radius 3 is 2.16 bits per heavy atom. The van der Waals surface area contributed by atoms with Gasteiger partial charge >= 0.3 is 5.97 Å². The summed E-state index contributed by atoms with van der Waals surface area (Å²) in [5.74, 6) is 1.07. The van der Waals surface area contributed by atoms with Crippen LogP contribution in [-0.2, 0) is 23.9 Å². The summed E-state index contributed by atoms with van der Waals surface area (Å²) in [6.45, 7) is 0.262. The van der Waals surface area contributed by atoms with Crippen LogP contribution in [0, 0.1) is 23.2 Å². The molecule has 0 aliphatic heterocycles. The number of esters is 1. The molecule has 4 fully saturated rings. The molecule has 4 aliphatic carbocycles. The fraction of sp³-hybridized carbons (Fsp3) is 0.833. The zero-order valence-electron chi connectivity index (χ0n) is 14.8. The Balaban J connectivity index is 1.39. The molecule has 7 heteroatoms. The second-order valence-corrected chi connectivity index (χ2v) is 7.88. The van der Waals surface area contributed by atoms with Crippen molar-refractivity contribution in [2.75, 3.05) is 33.4 Å². The van der Waals surface area contributed by atoms with Crippen LogP contribution >= 0.6 is 0 Å². The van der Waals surface area contributed by atoms with E-state index in [-0.39, 0.29) is 30.4 Å². The van der Waals surface area contributed by atoms with Crippen LogP contribution in [0.4, 0.5) is 0 Å². The van der Waals surface area contributed by atoms with Crippen LogP contribution in [0.15, 0.2) is 0 Å². The zero-order valence-corrected chi connectivity index (χ0v) is 14.8. The molecule has 0 spiro atoms. The lowest BCUT2D eigenvalue weighted by molar-refractivity contribution is -0.152. The van der Waals surface area contributed by atoms with Crippen molar-refractivity contribution >= 4 is 17.8 Å². The van der Waals surface area contributed by atoms with Gasteiger partial charge in [0.2, 0.25) is 5.91 Å². The van der Waals surface area contributed by atoms with Crippen molar-refractivity contribution in [3.63, 3.8) is 0 Å². The third-order valence-corrected chi connectivity index (χ3v) is 5.91. The molecule has 0 atom stereocenters. The van der Waals surface area contributed by atoms with Gasteiger partial charge in [0, 0.05) is 19.1 Å². The quantitative estimate of drug-likeness (QED) is 0.493. The lowest BCUT2D eigenvalue weighted by atomic mass is 9.49. The fourth-order valence-electron chi connectivity index (χ4n) is 5.27. The Bertz CT molecular complexity index is 498. The van der Waals surface area contributed by atoms with Crippen LogP contribution in [0.2, 0.25) is 0 Å². The van der Waals surface area contributed by atoms with Gasteiger partial charge in [-0.2, -0.15) is 0 Å². The maximum atomic E-state index is 12.7. The minimum Gasteiger partial charge on any atom is -0.454 e. The molecule has 0 unspecified atom stereocenters. The number of rotatable bonds is 8. The largest absolute Gasteiger partial charge is 0.454 e. The minimum absolute atomic E-state index is 0.00639. The van der Waals surface area contributed by atoms with Crippen LogP contribution in [0.3, 0.4) is 0 Å². The van der Waals surface area contributed by atoms with Crippen LogP contribution in [0.5, 0.6) is 0 Å². The van der Waals surface area contributed by atoms with E-state index in [4.69, 9.17) is 9.47 Å². The summed E-state index contributed by atoms with van der Waals surface area (Å²) < 4.78 is 9.71. The Labute approximate surface area is 148 Å². The van der Waals surface area contributed by atoms with Gasteiger partial charge in [0.05, 0.1) is 6.61 Å². The number of ether oxygens (including phenoxy) is 2. The highest BCUT2D eigenvalue weighted by Gasteiger charge is 2.54. The van der Waals surface area contributed by atoms with Crippen molar-refractivity contribution in [1.29, 1.82) is 0 Å². The van der Waals surface area contributed by atoms with E-state index in [1.165, 1.54) is 19.3 Å². The average molecular weight is 352 g/mol. The minimum atomic E-state index is -0.583. The van der Waals surface area contributed by atoms with Gasteiger partial charge in [0.15, 0.2) is 6.61 Å². The molecule has 25 heavy (non-hydrogen) atoms. The second-order valence-electron chi connectivity index (χ2n) is 7.88. The van der Waals surface area contributed by atoms with E-state index < -0.39 is 5.97 Å². The molecule has 2 amide bonds. The van der Waals surface area contributed by atoms with Crippen molar-refractivity contribution in [3.8, 4) is 0 Å². The summed E-state index contributed by atoms with van der Waals surface area (Å²) in [6.07, 6.45) is 6.69. The highest BCUT2D eigenvalue weighted by atomic mass is 16.5. The van der Waals surface area contributed by atoms with E-state index >= 15 is 0 Å². The molecule has 4 rings (SSSR count). The van der Waals surface area contributed by atoms with Gasteiger partial charge in [-0.25, -0.2) is 0 Å². The van der Waals surface area contributed by atoms with Crippen LogP contribution in [0.25, 0.3) is 0 Å². The molecular weight excluding hydrogens is 324 g/mol. The molecule has 2 N–H and O–H groups in total. The summed E-state index contributed by atoms with van der Waals surface area (Å²) >= 11 is 0. The van der Waals surface area contributed by atoms with E-state index in [0.29, 0.717) is 30.9 Å². The Hall–Kier alpha value is -1.63. The molecule has 0 aromatic heterocycles. The lowest BCUT2D eigenvalue weighted by Gasteiger charge is -2.55. The first-order chi connectivity index (χ1) is 12.0. The number of hydrogen-bond donors (Lipinski definition) is 2. The molecule has 0 radical (unpaired) electrons. The maximum Gasteiger partial charge on any atom is 0.325 e. The van der Waals surface area contributed by atoms with Crippen molar-refractivity contribution in [3.05, 3.63) is 0 Å². The summed E-state index contributed by atoms with van der Waals surface area (Å²) in [7, 11) is 1.54. The van der Waals surface area contributed by atoms with Gasteiger partial charge in [-0.1, -0.05) is 0 Å². The van der Waals surface area contributed by atoms with E-state index in [9.17, 15) is 14.4 Å². The first kappa shape index (κ1) is 18.2. The zero-order chi connectivity index (χ0) is 17.9. The predicted molar refractivity (Wildman–Crippen MR) is 89.5 cm³/mol. The number of hydrogen-bond acceptors (Lipinski definition) is 5. The number of amides is 2. The van der Waals surface area contributed by atoms with Gasteiger partial charge in [0.1, 0.15) is 6.54 Å². The molecule has 4 bridgehead atoms. The lowest BCUT2D eigenvalue weighted by Crippen LogP contribution is -2.54. The predicted octanol–water partition coefficient (Wildman–Crippen LogP) is 0.625. The maximum absolute atomic E-state index is 12.7. The molecule has 140 valence electrons. The van der Waals surface area contributed by atoms with E-state index in [1.807, 2.05) is 0 Å². The molecule has 4 saturated carbocycles. The molecule has 4 aliphatic rings. The average Bonchev–Trinajstić information content (AvgIpc) is 2.57. The second kappa shape index (κ2) is 7.72. The van der Waals surface area contributed by atoms with Gasteiger partial charge < -0.3 is 20.1 Å². The molecular formula is C18H28N2O5. The van der Waals surface area contributed by atoms with E-state index in [2.05, 4.69) is 10.6 Å². The third kappa shape index (κ3) is 4.32. The number of carbonyl (C=O) groups excluding carboxylic acids is 3. The van der Waals surface area contributed by atoms with Crippen molar-refractivity contribution < 1.29 is 23.9 Å². The standard InChI is InChI=1S/C18H28N2O5/c1-24-3-2-19-15(21)11-25-16(22)10-20-17(23)18-7-12-4-13(8-18)6-14(5-12)9-18/h12-14H,2-11H2,1H3,(H,19,21)(H,20,23). The van der Waals surface area contributed by atoms with Gasteiger partial charge in [-0.05, 0) is 56.3 Å². The van der Waals surface area contributed by atoms with E-state index in [0.717, 1.165) is 19.3 Å². The SMILES string of the molecule is COCCNC(=O)COC(=O)CNC(=O)C12CC3CC(CC(C3)C1)C2. The summed E-state index contributed by atoms with van der Waals surface area (Å²) in [5, 5.41) is 5.31. The van der Waals surface area contributed by atoms with Crippen LogP contribution in [0.1, 0.15) is 38.5 Å². The topological polar surface area (TPSA) is 93.7 Å². The van der Waals surface area contributed by atoms with Crippen molar-refractivity contribution in [2.45, 2.75) is 38.5 Å². The monoisotopic (exact) mass is 352 g/mol. The molecule has 7 nitrogen and oxygen atoms in total. The van der Waals surface area contributed by atoms with Gasteiger partial charge in [-0.15, -0.1) is 0 Å². The van der Waals surface area contributed by atoms with E-state index in [1.54, 1.807) is 7.11 Å². The van der Waals surface area contributed by atoms with Crippen molar-refractivity contribution in [1.82, 2.24) is 10.6 Å². The number of methoxy groups -OCH3 is 1. The summed E-state index contributed by atoms with van der Waals surface area (Å²) in [4.78, 5) is 35.9. The first-order valence-electron chi connectivity index (χ1n) is 9.20. The van der Waals surface area contributed by atoms with Crippen molar-refractivity contribution in [2.24, 2.45) is 23.2 Å². The Morgan fingerprint density at radius 2 is 1.60 bits per heavy atom. The normalized spacial score (nSPS) is 32.3. The Kier molecular flexibility index (Phi) is 5.61. The summed E-state index contributed by atoms with van der Waals surface area (Å²) in [5.41, 5.74) is -0.271. The number of nitrogens with one attached hydrogen (secondary N) is 2. The highest BCUT2D eigenvalue weighted by Crippen LogP contribution is 2.60. The third-order valence-electron chi connectivity index (χ3n) is 5.91. The highest BCUT2D eigenvalue weighted by molar-refractivity contribution is 5.87. The van der Waals surface area contributed by atoms with Gasteiger partial charge in [0.25, 0.3) is 5.91 Å². The fourth-order valence-corrected chi connectivity index (χ4v) is 5.27. The smallest absolute Gasteiger partial charge is 0.325 e. The first-order valence-corrected chi connectivity index (χ1v) is 9.20. The summed E-state index contributed by atoms with van der Waals surface area (Å²) in [6, 6.07) is 0. The Morgan fingerprint density at radius 1 is 1.00 bits per heavy atom. The van der Waals surface area contributed by atoms with Crippen LogP contribution < -0.4 is 10.6 Å². The molecule has 0 aromatic carbocycles. The van der Waals surface area contributed by atoms with Crippen LogP contribution in [-0.4, -0.2) is 51.2 Å². The molecule has 0 aromatic rings. The molecule has 0 heterocycles. The molecule has 0 saturated heterocycles. The van der Waals surface area contributed by atoms with Gasteiger partial charge in [-0.3, -0.25) is 14.4 Å².